The van der Waals surface area contributed by atoms with Crippen molar-refractivity contribution in [2.24, 2.45) is 0 Å². The van der Waals surface area contributed by atoms with Crippen molar-refractivity contribution in [3.63, 3.8) is 0 Å². The molecule has 1 heterocycles. The largest absolute Gasteiger partial charge is 0.399 e. The Morgan fingerprint density at radius 1 is 1.25 bits per heavy atom. The molecule has 2 aromatic rings. The molecule has 0 atom stereocenters. The number of aryl methyl sites for hydroxylation is 1. The van der Waals surface area contributed by atoms with E-state index in [4.69, 9.17) is 5.73 Å². The first-order valence-electron chi connectivity index (χ1n) is 6.88. The first-order chi connectivity index (χ1) is 9.63. The number of nitrogens with two attached hydrogens (primary N) is 1. The maximum Gasteiger partial charge on any atom is 0.231 e. The molecule has 0 aromatic heterocycles. The van der Waals surface area contributed by atoms with Gasteiger partial charge >= 0.3 is 0 Å². The normalized spacial score (nSPS) is 13.3. The zero-order chi connectivity index (χ0) is 14.1. The summed E-state index contributed by atoms with van der Waals surface area (Å²) in [5.74, 6) is 0.139. The molecule has 1 aliphatic heterocycles. The number of fused-ring (bicyclic) bond motifs is 1. The summed E-state index contributed by atoms with van der Waals surface area (Å²) in [5.41, 5.74) is 11.0. The van der Waals surface area contributed by atoms with Crippen LogP contribution in [0.5, 0.6) is 0 Å². The second kappa shape index (κ2) is 5.00. The molecule has 3 rings (SSSR count). The zero-order valence-electron chi connectivity index (χ0n) is 11.6. The van der Waals surface area contributed by atoms with Crippen molar-refractivity contribution in [3.8, 4) is 0 Å². The van der Waals surface area contributed by atoms with E-state index >= 15 is 0 Å². The van der Waals surface area contributed by atoms with E-state index in [-0.39, 0.29) is 5.91 Å². The first-order valence-corrected chi connectivity index (χ1v) is 6.88. The maximum absolute atomic E-state index is 12.5. The highest BCUT2D eigenvalue weighted by Gasteiger charge is 2.24. The summed E-state index contributed by atoms with van der Waals surface area (Å²) in [6, 6.07) is 13.9. The highest BCUT2D eigenvalue weighted by atomic mass is 16.2. The molecule has 0 saturated heterocycles. The van der Waals surface area contributed by atoms with Crippen LogP contribution >= 0.6 is 0 Å². The van der Waals surface area contributed by atoms with Crippen LogP contribution in [0.2, 0.25) is 0 Å². The van der Waals surface area contributed by atoms with Crippen LogP contribution in [0.4, 0.5) is 11.4 Å². The topological polar surface area (TPSA) is 46.3 Å². The molecule has 2 N–H and O–H groups in total. The van der Waals surface area contributed by atoms with Gasteiger partial charge in [0.1, 0.15) is 0 Å². The highest BCUT2D eigenvalue weighted by Crippen LogP contribution is 2.30. The molecule has 1 aliphatic rings. The Morgan fingerprint density at radius 2 is 2.10 bits per heavy atom. The number of benzene rings is 2. The zero-order valence-corrected chi connectivity index (χ0v) is 11.6. The number of amides is 1. The predicted molar refractivity (Wildman–Crippen MR) is 81.8 cm³/mol. The van der Waals surface area contributed by atoms with Crippen LogP contribution < -0.4 is 10.6 Å². The standard InChI is InChI=1S/C17H18N2O/c1-12-3-2-4-13(9-12)10-17(20)19-8-7-14-5-6-15(18)11-16(14)19/h2-6,9,11H,7-8,10,18H2,1H3. The Morgan fingerprint density at radius 3 is 2.90 bits per heavy atom. The van der Waals surface area contributed by atoms with Gasteiger partial charge in [0.15, 0.2) is 0 Å². The summed E-state index contributed by atoms with van der Waals surface area (Å²) in [5, 5.41) is 0. The van der Waals surface area contributed by atoms with Gasteiger partial charge in [-0.2, -0.15) is 0 Å². The van der Waals surface area contributed by atoms with Gasteiger partial charge in [-0.15, -0.1) is 0 Å². The van der Waals surface area contributed by atoms with E-state index in [9.17, 15) is 4.79 Å². The SMILES string of the molecule is Cc1cccc(CC(=O)N2CCc3ccc(N)cc32)c1. The Hall–Kier alpha value is -2.29. The van der Waals surface area contributed by atoms with Crippen molar-refractivity contribution < 1.29 is 4.79 Å². The van der Waals surface area contributed by atoms with Gasteiger partial charge in [-0.25, -0.2) is 0 Å². The van der Waals surface area contributed by atoms with Crippen LogP contribution in [0.15, 0.2) is 42.5 Å². The molecular weight excluding hydrogens is 248 g/mol. The fourth-order valence-electron chi connectivity index (χ4n) is 2.75. The van der Waals surface area contributed by atoms with Gasteiger partial charge in [0.25, 0.3) is 0 Å². The predicted octanol–water partition coefficient (Wildman–Crippen LogP) is 2.71. The van der Waals surface area contributed by atoms with Gasteiger partial charge in [-0.3, -0.25) is 4.79 Å². The summed E-state index contributed by atoms with van der Waals surface area (Å²) in [6.07, 6.45) is 1.35. The quantitative estimate of drug-likeness (QED) is 0.849. The summed E-state index contributed by atoms with van der Waals surface area (Å²) in [4.78, 5) is 14.3. The smallest absolute Gasteiger partial charge is 0.231 e. The van der Waals surface area contributed by atoms with Crippen LogP contribution in [0.3, 0.4) is 0 Å². The van der Waals surface area contributed by atoms with E-state index in [1.165, 1.54) is 11.1 Å². The van der Waals surface area contributed by atoms with Crippen LogP contribution in [-0.4, -0.2) is 12.5 Å². The van der Waals surface area contributed by atoms with Crippen LogP contribution in [0.1, 0.15) is 16.7 Å². The number of rotatable bonds is 2. The minimum Gasteiger partial charge on any atom is -0.399 e. The van der Waals surface area contributed by atoms with Crippen molar-refractivity contribution in [1.82, 2.24) is 0 Å². The van der Waals surface area contributed by atoms with Gasteiger partial charge in [0, 0.05) is 17.9 Å². The molecule has 1 amide bonds. The number of carbonyl (C=O) groups is 1. The van der Waals surface area contributed by atoms with E-state index in [0.29, 0.717) is 12.1 Å². The van der Waals surface area contributed by atoms with Gasteiger partial charge in [0.05, 0.1) is 6.42 Å². The van der Waals surface area contributed by atoms with E-state index in [0.717, 1.165) is 24.2 Å². The average molecular weight is 266 g/mol. The molecule has 3 nitrogen and oxygen atoms in total. The molecule has 0 fully saturated rings. The molecule has 20 heavy (non-hydrogen) atoms. The number of nitrogens with zero attached hydrogens (tertiary/aromatic N) is 1. The monoisotopic (exact) mass is 266 g/mol. The Bertz CT molecular complexity index is 664. The third-order valence-corrected chi connectivity index (χ3v) is 3.74. The molecule has 0 unspecified atom stereocenters. The lowest BCUT2D eigenvalue weighted by molar-refractivity contribution is -0.117. The lowest BCUT2D eigenvalue weighted by Crippen LogP contribution is -2.30. The number of nitrogen functional groups attached to an aromatic ring is 1. The van der Waals surface area contributed by atoms with Crippen molar-refractivity contribution >= 4 is 17.3 Å². The minimum absolute atomic E-state index is 0.139. The van der Waals surface area contributed by atoms with Crippen LogP contribution in [-0.2, 0) is 17.6 Å². The molecule has 0 aliphatic carbocycles. The average Bonchev–Trinajstić information content (AvgIpc) is 2.81. The number of hydrogen-bond acceptors (Lipinski definition) is 2. The van der Waals surface area contributed by atoms with Gasteiger partial charge < -0.3 is 10.6 Å². The molecule has 0 bridgehead atoms. The van der Waals surface area contributed by atoms with Crippen LogP contribution in [0, 0.1) is 6.92 Å². The molecule has 0 saturated carbocycles. The van der Waals surface area contributed by atoms with E-state index in [1.54, 1.807) is 0 Å². The van der Waals surface area contributed by atoms with Crippen molar-refractivity contribution in [3.05, 3.63) is 59.2 Å². The summed E-state index contributed by atoms with van der Waals surface area (Å²) < 4.78 is 0. The molecule has 3 heteroatoms. The Kier molecular flexibility index (Phi) is 3.18. The van der Waals surface area contributed by atoms with Gasteiger partial charge in [-0.05, 0) is 36.6 Å². The van der Waals surface area contributed by atoms with Crippen molar-refractivity contribution in [2.45, 2.75) is 19.8 Å². The van der Waals surface area contributed by atoms with Crippen molar-refractivity contribution in [2.75, 3.05) is 17.2 Å². The molecular formula is C17H18N2O. The Balaban J connectivity index is 1.82. The first kappa shape index (κ1) is 12.7. The lowest BCUT2D eigenvalue weighted by Gasteiger charge is -2.18. The number of anilines is 2. The maximum atomic E-state index is 12.5. The van der Waals surface area contributed by atoms with Gasteiger partial charge in [-0.1, -0.05) is 35.9 Å². The number of carbonyl (C=O) groups excluding carboxylic acids is 1. The van der Waals surface area contributed by atoms with Crippen LogP contribution in [0.25, 0.3) is 0 Å². The summed E-state index contributed by atoms with van der Waals surface area (Å²) in [7, 11) is 0. The second-order valence-corrected chi connectivity index (χ2v) is 5.35. The van der Waals surface area contributed by atoms with Crippen molar-refractivity contribution in [1.29, 1.82) is 0 Å². The summed E-state index contributed by atoms with van der Waals surface area (Å²) >= 11 is 0. The van der Waals surface area contributed by atoms with E-state index in [2.05, 4.69) is 6.07 Å². The fourth-order valence-corrected chi connectivity index (χ4v) is 2.75. The second-order valence-electron chi connectivity index (χ2n) is 5.35. The molecule has 0 radical (unpaired) electrons. The lowest BCUT2D eigenvalue weighted by atomic mass is 10.1. The molecule has 0 spiro atoms. The fraction of sp³-hybridized carbons (Fsp3) is 0.235. The minimum atomic E-state index is 0.139. The third kappa shape index (κ3) is 2.39. The van der Waals surface area contributed by atoms with Gasteiger partial charge in [0.2, 0.25) is 5.91 Å². The van der Waals surface area contributed by atoms with E-state index in [1.807, 2.05) is 48.2 Å². The molecule has 102 valence electrons. The Labute approximate surface area is 119 Å². The summed E-state index contributed by atoms with van der Waals surface area (Å²) in [6.45, 7) is 2.79. The third-order valence-electron chi connectivity index (χ3n) is 3.74. The highest BCUT2D eigenvalue weighted by molar-refractivity contribution is 5.97. The number of hydrogen-bond donors (Lipinski definition) is 1. The molecule has 2 aromatic carbocycles. The van der Waals surface area contributed by atoms with E-state index < -0.39 is 0 Å².